The van der Waals surface area contributed by atoms with Crippen LogP contribution in [0.25, 0.3) is 0 Å². The molecule has 1 unspecified atom stereocenters. The van der Waals surface area contributed by atoms with Gasteiger partial charge in [-0.3, -0.25) is 9.59 Å². The molecule has 0 aromatic rings. The van der Waals surface area contributed by atoms with Crippen molar-refractivity contribution in [2.75, 3.05) is 6.54 Å². The average molecular weight is 189 g/mol. The molecule has 0 radical (unpaired) electrons. The standard InChI is InChI=1S/C8H15NO4/c9-4-2-1-3-6(8(12)13)5-7(10)11/h6H,1-5,9H2,(H,10,11)(H,12,13). The van der Waals surface area contributed by atoms with Crippen LogP contribution in [0.1, 0.15) is 25.7 Å². The number of carboxylic acid groups (broad SMARTS) is 2. The van der Waals surface area contributed by atoms with Gasteiger partial charge in [0.2, 0.25) is 0 Å². The molecule has 0 aromatic heterocycles. The molecule has 4 N–H and O–H groups in total. The molecule has 76 valence electrons. The Morgan fingerprint density at radius 3 is 2.23 bits per heavy atom. The van der Waals surface area contributed by atoms with Crippen molar-refractivity contribution in [1.29, 1.82) is 0 Å². The zero-order valence-electron chi connectivity index (χ0n) is 7.40. The molecule has 0 amide bonds. The van der Waals surface area contributed by atoms with E-state index in [2.05, 4.69) is 0 Å². The zero-order valence-corrected chi connectivity index (χ0v) is 7.40. The van der Waals surface area contributed by atoms with Crippen molar-refractivity contribution in [3.8, 4) is 0 Å². The molecule has 0 saturated carbocycles. The van der Waals surface area contributed by atoms with Gasteiger partial charge in [-0.05, 0) is 19.4 Å². The van der Waals surface area contributed by atoms with Gasteiger partial charge < -0.3 is 15.9 Å². The minimum absolute atomic E-state index is 0.306. The van der Waals surface area contributed by atoms with Gasteiger partial charge in [0.1, 0.15) is 0 Å². The molecule has 0 bridgehead atoms. The lowest BCUT2D eigenvalue weighted by Gasteiger charge is -2.08. The van der Waals surface area contributed by atoms with Crippen LogP contribution in [0.3, 0.4) is 0 Å². The first-order valence-corrected chi connectivity index (χ1v) is 4.22. The second-order valence-electron chi connectivity index (χ2n) is 2.92. The smallest absolute Gasteiger partial charge is 0.307 e. The zero-order chi connectivity index (χ0) is 10.3. The van der Waals surface area contributed by atoms with Crippen LogP contribution in [-0.2, 0) is 9.59 Å². The minimum atomic E-state index is -1.07. The van der Waals surface area contributed by atoms with E-state index in [1.165, 1.54) is 0 Å². The summed E-state index contributed by atoms with van der Waals surface area (Å²) >= 11 is 0. The first-order chi connectivity index (χ1) is 6.07. The molecule has 1 atom stereocenters. The van der Waals surface area contributed by atoms with E-state index in [1.54, 1.807) is 0 Å². The van der Waals surface area contributed by atoms with Crippen LogP contribution in [0.5, 0.6) is 0 Å². The Morgan fingerprint density at radius 1 is 1.23 bits per heavy atom. The molecular formula is C8H15NO4. The third-order valence-corrected chi connectivity index (χ3v) is 1.78. The number of hydrogen-bond donors (Lipinski definition) is 3. The topological polar surface area (TPSA) is 101 Å². The van der Waals surface area contributed by atoms with Crippen LogP contribution in [-0.4, -0.2) is 28.7 Å². The Labute approximate surface area is 76.5 Å². The van der Waals surface area contributed by atoms with Crippen LogP contribution in [0.2, 0.25) is 0 Å². The van der Waals surface area contributed by atoms with Gasteiger partial charge in [0.25, 0.3) is 0 Å². The Hall–Kier alpha value is -1.10. The summed E-state index contributed by atoms with van der Waals surface area (Å²) < 4.78 is 0. The van der Waals surface area contributed by atoms with Crippen LogP contribution in [0.15, 0.2) is 0 Å². The second-order valence-corrected chi connectivity index (χ2v) is 2.92. The van der Waals surface area contributed by atoms with Crippen LogP contribution < -0.4 is 5.73 Å². The van der Waals surface area contributed by atoms with Gasteiger partial charge in [0.15, 0.2) is 0 Å². The van der Waals surface area contributed by atoms with Crippen LogP contribution in [0, 0.1) is 5.92 Å². The fourth-order valence-electron chi connectivity index (χ4n) is 1.06. The fourth-order valence-corrected chi connectivity index (χ4v) is 1.06. The van der Waals surface area contributed by atoms with Gasteiger partial charge in [0.05, 0.1) is 12.3 Å². The number of hydrogen-bond acceptors (Lipinski definition) is 3. The first kappa shape index (κ1) is 11.9. The number of aliphatic carboxylic acids is 2. The summed E-state index contributed by atoms with van der Waals surface area (Å²) in [7, 11) is 0. The lowest BCUT2D eigenvalue weighted by atomic mass is 9.99. The number of rotatable bonds is 7. The molecule has 0 aliphatic heterocycles. The summed E-state index contributed by atoms with van der Waals surface area (Å²) in [6.45, 7) is 0.513. The summed E-state index contributed by atoms with van der Waals surface area (Å²) in [6.07, 6.45) is 1.49. The van der Waals surface area contributed by atoms with Crippen LogP contribution in [0.4, 0.5) is 0 Å². The molecule has 13 heavy (non-hydrogen) atoms. The predicted octanol–water partition coefficient (Wildman–Crippen LogP) is 0.291. The monoisotopic (exact) mass is 189 g/mol. The Morgan fingerprint density at radius 2 is 1.85 bits per heavy atom. The molecule has 0 fully saturated rings. The third kappa shape index (κ3) is 6.10. The number of carboxylic acids is 2. The largest absolute Gasteiger partial charge is 0.481 e. The maximum atomic E-state index is 10.5. The van der Waals surface area contributed by atoms with Gasteiger partial charge in [-0.2, -0.15) is 0 Å². The first-order valence-electron chi connectivity index (χ1n) is 4.22. The molecule has 0 aliphatic rings. The van der Waals surface area contributed by atoms with Gasteiger partial charge in [0, 0.05) is 0 Å². The van der Waals surface area contributed by atoms with E-state index >= 15 is 0 Å². The van der Waals surface area contributed by atoms with Gasteiger partial charge in [-0.1, -0.05) is 6.42 Å². The van der Waals surface area contributed by atoms with Crippen molar-refractivity contribution in [1.82, 2.24) is 0 Å². The van der Waals surface area contributed by atoms with E-state index < -0.39 is 17.9 Å². The summed E-state index contributed by atoms with van der Waals surface area (Å²) in [5.74, 6) is -2.89. The third-order valence-electron chi connectivity index (χ3n) is 1.78. The molecule has 5 nitrogen and oxygen atoms in total. The Kier molecular flexibility index (Phi) is 5.88. The molecule has 0 spiro atoms. The number of carbonyl (C=O) groups is 2. The van der Waals surface area contributed by atoms with Gasteiger partial charge in [-0.25, -0.2) is 0 Å². The van der Waals surface area contributed by atoms with Crippen molar-refractivity contribution in [2.24, 2.45) is 11.7 Å². The summed E-state index contributed by atoms with van der Waals surface area (Å²) in [5.41, 5.74) is 5.23. The maximum Gasteiger partial charge on any atom is 0.307 e. The highest BCUT2D eigenvalue weighted by atomic mass is 16.4. The summed E-state index contributed by atoms with van der Waals surface area (Å²) in [4.78, 5) is 20.8. The molecular weight excluding hydrogens is 174 g/mol. The number of nitrogens with two attached hydrogens (primary N) is 1. The summed E-state index contributed by atoms with van der Waals surface area (Å²) in [6, 6.07) is 0. The molecule has 0 aromatic carbocycles. The number of unbranched alkanes of at least 4 members (excludes halogenated alkanes) is 1. The molecule has 5 heteroatoms. The predicted molar refractivity (Wildman–Crippen MR) is 46.3 cm³/mol. The van der Waals surface area contributed by atoms with Crippen molar-refractivity contribution in [2.45, 2.75) is 25.7 Å². The highest BCUT2D eigenvalue weighted by molar-refractivity contribution is 5.77. The SMILES string of the molecule is NCCCCC(CC(=O)O)C(=O)O. The van der Waals surface area contributed by atoms with E-state index in [-0.39, 0.29) is 6.42 Å². The molecule has 0 aliphatic carbocycles. The quantitative estimate of drug-likeness (QED) is 0.500. The van der Waals surface area contributed by atoms with Crippen molar-refractivity contribution in [3.05, 3.63) is 0 Å². The second kappa shape index (κ2) is 6.42. The Bertz CT molecular complexity index is 181. The van der Waals surface area contributed by atoms with Crippen molar-refractivity contribution >= 4 is 11.9 Å². The normalized spacial score (nSPS) is 12.4. The summed E-state index contributed by atoms with van der Waals surface area (Å²) in [5, 5.41) is 17.0. The lowest BCUT2D eigenvalue weighted by Crippen LogP contribution is -2.18. The molecule has 0 heterocycles. The van der Waals surface area contributed by atoms with E-state index in [0.29, 0.717) is 19.4 Å². The van der Waals surface area contributed by atoms with Crippen LogP contribution >= 0.6 is 0 Å². The van der Waals surface area contributed by atoms with Crippen molar-refractivity contribution in [3.63, 3.8) is 0 Å². The highest BCUT2D eigenvalue weighted by Crippen LogP contribution is 2.12. The average Bonchev–Trinajstić information content (AvgIpc) is 2.02. The fraction of sp³-hybridized carbons (Fsp3) is 0.750. The highest BCUT2D eigenvalue weighted by Gasteiger charge is 2.19. The van der Waals surface area contributed by atoms with E-state index in [1.807, 2.05) is 0 Å². The van der Waals surface area contributed by atoms with Crippen molar-refractivity contribution < 1.29 is 19.8 Å². The minimum Gasteiger partial charge on any atom is -0.481 e. The van der Waals surface area contributed by atoms with E-state index in [9.17, 15) is 9.59 Å². The molecule has 0 rings (SSSR count). The maximum absolute atomic E-state index is 10.5. The van der Waals surface area contributed by atoms with E-state index in [4.69, 9.17) is 15.9 Å². The van der Waals surface area contributed by atoms with E-state index in [0.717, 1.165) is 6.42 Å². The Balaban J connectivity index is 3.81. The van der Waals surface area contributed by atoms with Gasteiger partial charge >= 0.3 is 11.9 Å². The lowest BCUT2D eigenvalue weighted by molar-refractivity contribution is -0.148. The molecule has 0 saturated heterocycles. The van der Waals surface area contributed by atoms with Gasteiger partial charge in [-0.15, -0.1) is 0 Å².